The minimum Gasteiger partial charge on any atom is -0.465 e. The molecule has 3 fully saturated rings. The number of hydrogen-bond acceptors (Lipinski definition) is 3. The van der Waals surface area contributed by atoms with Crippen molar-refractivity contribution in [1.82, 2.24) is 9.80 Å². The van der Waals surface area contributed by atoms with Gasteiger partial charge in [-0.3, -0.25) is 9.28 Å². The Morgan fingerprint density at radius 2 is 1.82 bits per heavy atom. The predicted octanol–water partition coefficient (Wildman–Crippen LogP) is 6.16. The molecule has 8 heteroatoms. The summed E-state index contributed by atoms with van der Waals surface area (Å²) < 4.78 is 0.442. The van der Waals surface area contributed by atoms with Crippen LogP contribution < -0.4 is 0 Å². The molecule has 3 amide bonds. The molecule has 2 heterocycles. The van der Waals surface area contributed by atoms with Crippen LogP contribution in [0.3, 0.4) is 0 Å². The van der Waals surface area contributed by atoms with Gasteiger partial charge in [0.25, 0.3) is 5.91 Å². The van der Waals surface area contributed by atoms with Gasteiger partial charge in [-0.05, 0) is 80.3 Å². The lowest BCUT2D eigenvalue weighted by molar-refractivity contribution is -0.840. The lowest BCUT2D eigenvalue weighted by atomic mass is 9.77. The van der Waals surface area contributed by atoms with Crippen LogP contribution in [0.15, 0.2) is 42.5 Å². The highest BCUT2D eigenvalue weighted by molar-refractivity contribution is 6.33. The van der Waals surface area contributed by atoms with E-state index in [1.165, 1.54) is 10.5 Å². The van der Waals surface area contributed by atoms with Crippen LogP contribution in [0, 0.1) is 5.41 Å². The molecule has 6 rings (SSSR count). The van der Waals surface area contributed by atoms with Gasteiger partial charge in [-0.1, -0.05) is 36.7 Å². The highest BCUT2D eigenvalue weighted by Crippen LogP contribution is 2.46. The van der Waals surface area contributed by atoms with Gasteiger partial charge in [-0.2, -0.15) is 0 Å². The van der Waals surface area contributed by atoms with Crippen LogP contribution in [-0.2, 0) is 6.42 Å². The Bertz CT molecular complexity index is 1330. The van der Waals surface area contributed by atoms with Crippen LogP contribution >= 0.6 is 11.6 Å². The highest BCUT2D eigenvalue weighted by Gasteiger charge is 2.53. The first kappa shape index (κ1) is 27.3. The first-order chi connectivity index (χ1) is 19.3. The smallest absolute Gasteiger partial charge is 0.407 e. The van der Waals surface area contributed by atoms with Crippen LogP contribution in [0.2, 0.25) is 5.02 Å². The fraction of sp³-hybridized carbons (Fsp3) is 0.531. The van der Waals surface area contributed by atoms with E-state index < -0.39 is 6.09 Å². The fourth-order valence-corrected chi connectivity index (χ4v) is 7.91. The molecule has 2 aliphatic carbocycles. The number of nitrogens with zero attached hydrogens (tertiary/aromatic N) is 3. The number of hydrogen-bond donors (Lipinski definition) is 1. The van der Waals surface area contributed by atoms with E-state index >= 15 is 0 Å². The quantitative estimate of drug-likeness (QED) is 0.426. The number of carboxylic acid groups (broad SMARTS) is 1. The summed E-state index contributed by atoms with van der Waals surface area (Å²) in [5.74, 6) is 0.148. The van der Waals surface area contributed by atoms with E-state index in [4.69, 9.17) is 11.6 Å². The molecule has 1 N–H and O–H groups in total. The van der Waals surface area contributed by atoms with Gasteiger partial charge < -0.3 is 14.9 Å². The molecule has 2 aromatic carbocycles. The van der Waals surface area contributed by atoms with Crippen molar-refractivity contribution in [3.63, 3.8) is 0 Å². The second-order valence-corrected chi connectivity index (χ2v) is 12.9. The molecule has 2 aromatic rings. The average molecular weight is 565 g/mol. The van der Waals surface area contributed by atoms with Crippen molar-refractivity contribution in [1.29, 1.82) is 0 Å². The number of carbonyl (C=O) groups excluding carboxylic acids is 2. The molecule has 2 unspecified atom stereocenters. The first-order valence-corrected chi connectivity index (χ1v) is 15.2. The third kappa shape index (κ3) is 4.81. The van der Waals surface area contributed by atoms with Gasteiger partial charge in [0.1, 0.15) is 0 Å². The van der Waals surface area contributed by atoms with E-state index in [9.17, 15) is 19.5 Å². The zero-order chi connectivity index (χ0) is 28.1. The number of benzene rings is 2. The maximum absolute atomic E-state index is 14.3. The summed E-state index contributed by atoms with van der Waals surface area (Å²) >= 11 is 6.44. The van der Waals surface area contributed by atoms with Crippen molar-refractivity contribution in [2.45, 2.75) is 70.4 Å². The first-order valence-electron chi connectivity index (χ1n) is 14.8. The fourth-order valence-electron chi connectivity index (χ4n) is 7.69. The summed E-state index contributed by atoms with van der Waals surface area (Å²) in [6.07, 6.45) is 6.42. The Morgan fingerprint density at radius 1 is 1.07 bits per heavy atom. The molecular weight excluding hydrogens is 526 g/mol. The summed E-state index contributed by atoms with van der Waals surface area (Å²) in [5.41, 5.74) is 3.64. The maximum Gasteiger partial charge on any atom is 0.407 e. The Kier molecular flexibility index (Phi) is 7.16. The summed E-state index contributed by atoms with van der Waals surface area (Å²) in [4.78, 5) is 43.1. The monoisotopic (exact) mass is 564 g/mol. The van der Waals surface area contributed by atoms with Gasteiger partial charge in [0, 0.05) is 31.0 Å². The molecule has 2 atom stereocenters. The van der Waals surface area contributed by atoms with Gasteiger partial charge in [-0.25, -0.2) is 9.59 Å². The number of piperidine rings is 1. The lowest BCUT2D eigenvalue weighted by Gasteiger charge is -2.39. The lowest BCUT2D eigenvalue weighted by Crippen LogP contribution is -2.54. The number of halogens is 1. The highest BCUT2D eigenvalue weighted by atomic mass is 35.5. The largest absolute Gasteiger partial charge is 0.465 e. The molecule has 40 heavy (non-hydrogen) atoms. The molecule has 212 valence electrons. The van der Waals surface area contributed by atoms with Crippen LogP contribution in [0.5, 0.6) is 0 Å². The Labute approximate surface area is 241 Å². The zero-order valence-corrected chi connectivity index (χ0v) is 24.0. The normalized spacial score (nSPS) is 25.1. The SMILES string of the molecule is CCC[N+]1(C(=O)c2ccc3c(c2)C(N(C(=O)c2ccccc2Cl)C2CC2)CC3)CCC2(CCN(C(=O)O)CC2)C1. The number of fused-ring (bicyclic) bond motifs is 1. The molecule has 4 aliphatic rings. The maximum atomic E-state index is 14.3. The van der Waals surface area contributed by atoms with Gasteiger partial charge in [0.05, 0.1) is 41.8 Å². The third-order valence-corrected chi connectivity index (χ3v) is 10.3. The van der Waals surface area contributed by atoms with Crippen molar-refractivity contribution in [3.8, 4) is 0 Å². The zero-order valence-electron chi connectivity index (χ0n) is 23.3. The molecule has 0 radical (unpaired) electrons. The second-order valence-electron chi connectivity index (χ2n) is 12.5. The molecule has 2 aliphatic heterocycles. The van der Waals surface area contributed by atoms with E-state index in [0.29, 0.717) is 28.2 Å². The van der Waals surface area contributed by atoms with Crippen LogP contribution in [-0.4, -0.2) is 76.1 Å². The van der Waals surface area contributed by atoms with Crippen molar-refractivity contribution >= 4 is 29.5 Å². The van der Waals surface area contributed by atoms with E-state index in [1.807, 2.05) is 23.1 Å². The number of amides is 3. The van der Waals surface area contributed by atoms with Crippen molar-refractivity contribution in [2.24, 2.45) is 5.41 Å². The van der Waals surface area contributed by atoms with Gasteiger partial charge in [0.2, 0.25) is 0 Å². The third-order valence-electron chi connectivity index (χ3n) is 9.94. The molecular formula is C32H39ClN3O4+. The standard InChI is InChI=1S/C32H38ClN3O4/c1-2-18-36(19-15-32(21-36)13-16-34(17-14-32)31(39)40)30(38)23-8-7-22-9-12-28(26(22)20-23)35(24-10-11-24)29(37)25-5-3-4-6-27(25)33/h3-8,20,24,28H,2,9-19,21H2,1H3/p+1. The van der Waals surface area contributed by atoms with Crippen LogP contribution in [0.1, 0.15) is 89.8 Å². The van der Waals surface area contributed by atoms with Gasteiger partial charge in [0.15, 0.2) is 0 Å². The Balaban J connectivity index is 1.27. The summed E-state index contributed by atoms with van der Waals surface area (Å²) in [6, 6.07) is 13.6. The minimum atomic E-state index is -0.848. The molecule has 0 aromatic heterocycles. The number of aryl methyl sites for hydroxylation is 1. The van der Waals surface area contributed by atoms with Crippen molar-refractivity contribution in [2.75, 3.05) is 32.7 Å². The Morgan fingerprint density at radius 3 is 2.50 bits per heavy atom. The molecule has 0 bridgehead atoms. The number of rotatable bonds is 6. The number of carbonyl (C=O) groups is 3. The summed E-state index contributed by atoms with van der Waals surface area (Å²) in [6.45, 7) is 5.62. The molecule has 7 nitrogen and oxygen atoms in total. The van der Waals surface area contributed by atoms with E-state index in [-0.39, 0.29) is 29.3 Å². The molecule has 1 spiro atoms. The number of quaternary nitrogens is 1. The summed E-state index contributed by atoms with van der Waals surface area (Å²) in [7, 11) is 0. The van der Waals surface area contributed by atoms with Crippen LogP contribution in [0.4, 0.5) is 4.79 Å². The van der Waals surface area contributed by atoms with E-state index in [2.05, 4.69) is 19.1 Å². The van der Waals surface area contributed by atoms with E-state index in [0.717, 1.165) is 82.1 Å². The van der Waals surface area contributed by atoms with E-state index in [1.54, 1.807) is 12.1 Å². The second kappa shape index (κ2) is 10.5. The molecule has 2 saturated heterocycles. The predicted molar refractivity (Wildman–Crippen MR) is 154 cm³/mol. The van der Waals surface area contributed by atoms with Gasteiger partial charge in [-0.15, -0.1) is 0 Å². The summed E-state index contributed by atoms with van der Waals surface area (Å²) in [5, 5.41) is 9.89. The van der Waals surface area contributed by atoms with Crippen molar-refractivity contribution < 1.29 is 24.0 Å². The number of likely N-dealkylation sites (tertiary alicyclic amines) is 2. The van der Waals surface area contributed by atoms with Crippen molar-refractivity contribution in [3.05, 3.63) is 69.7 Å². The average Bonchev–Trinajstić information content (AvgIpc) is 3.61. The molecule has 1 saturated carbocycles. The van der Waals surface area contributed by atoms with Gasteiger partial charge >= 0.3 is 12.0 Å². The van der Waals surface area contributed by atoms with Crippen LogP contribution in [0.25, 0.3) is 0 Å². The Hall–Kier alpha value is -2.90. The topological polar surface area (TPSA) is 77.9 Å². The minimum absolute atomic E-state index is 0.0219.